The molecule has 6 nitrogen and oxygen atoms in total. The largest absolute Gasteiger partial charge is 0.491 e. The molecule has 0 unspecified atom stereocenters. The second-order valence-corrected chi connectivity index (χ2v) is 7.09. The average Bonchev–Trinajstić information content (AvgIpc) is 3.02. The number of fused-ring (bicyclic) bond motifs is 2. The van der Waals surface area contributed by atoms with Gasteiger partial charge in [-0.25, -0.2) is 0 Å². The van der Waals surface area contributed by atoms with Gasteiger partial charge < -0.3 is 10.1 Å². The number of hydrogen-bond donors (Lipinski definition) is 1. The molecule has 30 heavy (non-hydrogen) atoms. The lowest BCUT2D eigenvalue weighted by Crippen LogP contribution is -2.32. The molecule has 152 valence electrons. The number of nitrogens with zero attached hydrogens (tertiary/aromatic N) is 1. The van der Waals surface area contributed by atoms with Crippen LogP contribution in [0.5, 0.6) is 5.75 Å². The van der Waals surface area contributed by atoms with E-state index in [1.807, 2.05) is 42.5 Å². The molecule has 0 atom stereocenters. The van der Waals surface area contributed by atoms with Crippen LogP contribution in [0.2, 0.25) is 0 Å². The average molecular weight is 402 g/mol. The first-order valence-corrected chi connectivity index (χ1v) is 9.97. The molecule has 0 bridgehead atoms. The van der Waals surface area contributed by atoms with Gasteiger partial charge in [-0.15, -0.1) is 0 Å². The lowest BCUT2D eigenvalue weighted by molar-refractivity contribution is -0.121. The van der Waals surface area contributed by atoms with Gasteiger partial charge in [-0.05, 0) is 30.0 Å². The Balaban J connectivity index is 1.19. The molecular formula is C24H22N2O4. The summed E-state index contributed by atoms with van der Waals surface area (Å²) in [5.41, 5.74) is 0.857. The van der Waals surface area contributed by atoms with E-state index in [1.54, 1.807) is 24.3 Å². The highest BCUT2D eigenvalue weighted by Gasteiger charge is 2.34. The van der Waals surface area contributed by atoms with Crippen LogP contribution in [0.3, 0.4) is 0 Å². The van der Waals surface area contributed by atoms with Gasteiger partial charge >= 0.3 is 0 Å². The summed E-state index contributed by atoms with van der Waals surface area (Å²) in [7, 11) is 0. The van der Waals surface area contributed by atoms with Crippen molar-refractivity contribution >= 4 is 28.5 Å². The number of amides is 3. The molecule has 3 aromatic rings. The second-order valence-electron chi connectivity index (χ2n) is 7.09. The summed E-state index contributed by atoms with van der Waals surface area (Å²) in [5.74, 6) is 0.0695. The SMILES string of the molecule is O=C(CCCN1C(=O)c2ccccc2C1=O)NCCOc1cccc2ccccc12. The molecular weight excluding hydrogens is 380 g/mol. The van der Waals surface area contributed by atoms with Crippen LogP contribution in [-0.4, -0.2) is 42.3 Å². The molecule has 3 amide bonds. The maximum absolute atomic E-state index is 12.3. The van der Waals surface area contributed by atoms with Crippen molar-refractivity contribution in [3.63, 3.8) is 0 Å². The molecule has 1 aliphatic rings. The molecule has 0 fully saturated rings. The van der Waals surface area contributed by atoms with Gasteiger partial charge in [-0.1, -0.05) is 48.5 Å². The summed E-state index contributed by atoms with van der Waals surface area (Å²) in [4.78, 5) is 37.9. The topological polar surface area (TPSA) is 75.7 Å². The third kappa shape index (κ3) is 4.03. The van der Waals surface area contributed by atoms with E-state index in [0.29, 0.717) is 30.7 Å². The summed E-state index contributed by atoms with van der Waals surface area (Å²) in [6, 6.07) is 20.6. The van der Waals surface area contributed by atoms with Crippen molar-refractivity contribution in [3.8, 4) is 5.75 Å². The Morgan fingerprint density at radius 3 is 2.30 bits per heavy atom. The molecule has 6 heteroatoms. The zero-order valence-electron chi connectivity index (χ0n) is 16.5. The number of carbonyl (C=O) groups is 3. The number of hydrogen-bond acceptors (Lipinski definition) is 4. The van der Waals surface area contributed by atoms with E-state index in [4.69, 9.17) is 4.74 Å². The zero-order chi connectivity index (χ0) is 20.9. The number of ether oxygens (including phenoxy) is 1. The number of carbonyl (C=O) groups excluding carboxylic acids is 3. The van der Waals surface area contributed by atoms with E-state index in [9.17, 15) is 14.4 Å². The smallest absolute Gasteiger partial charge is 0.261 e. The lowest BCUT2D eigenvalue weighted by Gasteiger charge is -2.13. The maximum atomic E-state index is 12.3. The lowest BCUT2D eigenvalue weighted by atomic mass is 10.1. The molecule has 0 aromatic heterocycles. The van der Waals surface area contributed by atoms with Crippen molar-refractivity contribution in [2.24, 2.45) is 0 Å². The Labute approximate surface area is 174 Å². The molecule has 0 saturated carbocycles. The van der Waals surface area contributed by atoms with Crippen LogP contribution in [0.4, 0.5) is 0 Å². The van der Waals surface area contributed by atoms with Gasteiger partial charge in [0.05, 0.1) is 17.7 Å². The van der Waals surface area contributed by atoms with Gasteiger partial charge in [0.25, 0.3) is 11.8 Å². The fraction of sp³-hybridized carbons (Fsp3) is 0.208. The summed E-state index contributed by atoms with van der Waals surface area (Å²) in [6.45, 7) is 0.972. The van der Waals surface area contributed by atoms with Gasteiger partial charge in [-0.2, -0.15) is 0 Å². The minimum Gasteiger partial charge on any atom is -0.491 e. The highest BCUT2D eigenvalue weighted by atomic mass is 16.5. The Morgan fingerprint density at radius 1 is 0.867 bits per heavy atom. The van der Waals surface area contributed by atoms with Crippen molar-refractivity contribution < 1.29 is 19.1 Å². The standard InChI is InChI=1S/C24H22N2O4/c27-22(13-6-15-26-23(28)19-10-3-4-11-20(19)24(26)29)25-14-16-30-21-12-5-8-17-7-1-2-9-18(17)21/h1-5,7-12H,6,13-16H2,(H,25,27). The second kappa shape index (κ2) is 8.78. The Hall–Kier alpha value is -3.67. The molecule has 0 spiro atoms. The first-order chi connectivity index (χ1) is 14.6. The summed E-state index contributed by atoms with van der Waals surface area (Å²) >= 11 is 0. The van der Waals surface area contributed by atoms with Crippen LogP contribution in [0.1, 0.15) is 33.6 Å². The highest BCUT2D eigenvalue weighted by Crippen LogP contribution is 2.25. The predicted octanol–water partition coefficient (Wildman–Crippen LogP) is 3.41. The molecule has 0 aliphatic carbocycles. The van der Waals surface area contributed by atoms with Crippen LogP contribution < -0.4 is 10.1 Å². The van der Waals surface area contributed by atoms with Crippen LogP contribution in [0.25, 0.3) is 10.8 Å². The van der Waals surface area contributed by atoms with Gasteiger partial charge in [-0.3, -0.25) is 19.3 Å². The molecule has 1 N–H and O–H groups in total. The molecule has 1 aliphatic heterocycles. The number of benzene rings is 3. The number of nitrogens with one attached hydrogen (secondary N) is 1. The fourth-order valence-corrected chi connectivity index (χ4v) is 3.60. The van der Waals surface area contributed by atoms with E-state index in [0.717, 1.165) is 16.5 Å². The van der Waals surface area contributed by atoms with Crippen molar-refractivity contribution in [2.75, 3.05) is 19.7 Å². The normalized spacial score (nSPS) is 12.9. The van der Waals surface area contributed by atoms with E-state index >= 15 is 0 Å². The minimum absolute atomic E-state index is 0.131. The zero-order valence-corrected chi connectivity index (χ0v) is 16.5. The fourth-order valence-electron chi connectivity index (χ4n) is 3.60. The molecule has 1 heterocycles. The maximum Gasteiger partial charge on any atom is 0.261 e. The summed E-state index contributed by atoms with van der Waals surface area (Å²) in [5, 5.41) is 4.95. The molecule has 3 aromatic carbocycles. The van der Waals surface area contributed by atoms with Gasteiger partial charge in [0.2, 0.25) is 5.91 Å². The molecule has 0 radical (unpaired) electrons. The number of rotatable bonds is 8. The van der Waals surface area contributed by atoms with E-state index in [2.05, 4.69) is 5.32 Å². The van der Waals surface area contributed by atoms with Gasteiger partial charge in [0.15, 0.2) is 0 Å². The third-order valence-electron chi connectivity index (χ3n) is 5.10. The molecule has 4 rings (SSSR count). The summed E-state index contributed by atoms with van der Waals surface area (Å²) in [6.07, 6.45) is 0.656. The van der Waals surface area contributed by atoms with Gasteiger partial charge in [0.1, 0.15) is 12.4 Å². The Morgan fingerprint density at radius 2 is 1.53 bits per heavy atom. The first-order valence-electron chi connectivity index (χ1n) is 9.97. The highest BCUT2D eigenvalue weighted by molar-refractivity contribution is 6.21. The van der Waals surface area contributed by atoms with E-state index in [-0.39, 0.29) is 30.7 Å². The van der Waals surface area contributed by atoms with Gasteiger partial charge in [0, 0.05) is 18.4 Å². The van der Waals surface area contributed by atoms with Crippen molar-refractivity contribution in [1.82, 2.24) is 10.2 Å². The van der Waals surface area contributed by atoms with Crippen LogP contribution >= 0.6 is 0 Å². The van der Waals surface area contributed by atoms with Crippen LogP contribution in [0.15, 0.2) is 66.7 Å². The Bertz CT molecular complexity index is 1070. The summed E-state index contributed by atoms with van der Waals surface area (Å²) < 4.78 is 5.81. The van der Waals surface area contributed by atoms with Crippen LogP contribution in [0, 0.1) is 0 Å². The van der Waals surface area contributed by atoms with E-state index in [1.165, 1.54) is 4.90 Å². The first kappa shape index (κ1) is 19.6. The Kier molecular flexibility index (Phi) is 5.75. The van der Waals surface area contributed by atoms with Crippen molar-refractivity contribution in [1.29, 1.82) is 0 Å². The predicted molar refractivity (Wildman–Crippen MR) is 113 cm³/mol. The number of imide groups is 1. The third-order valence-corrected chi connectivity index (χ3v) is 5.10. The van der Waals surface area contributed by atoms with E-state index < -0.39 is 0 Å². The minimum atomic E-state index is -0.292. The molecule has 0 saturated heterocycles. The quantitative estimate of drug-likeness (QED) is 0.463. The van der Waals surface area contributed by atoms with Crippen molar-refractivity contribution in [2.45, 2.75) is 12.8 Å². The monoisotopic (exact) mass is 402 g/mol. The van der Waals surface area contributed by atoms with Crippen molar-refractivity contribution in [3.05, 3.63) is 77.9 Å². The van der Waals surface area contributed by atoms with Crippen LogP contribution in [-0.2, 0) is 4.79 Å².